The molecule has 0 amide bonds. The molecule has 0 unspecified atom stereocenters. The molecule has 130 valence electrons. The van der Waals surface area contributed by atoms with Crippen LogP contribution in [-0.4, -0.2) is 16.7 Å². The lowest BCUT2D eigenvalue weighted by atomic mass is 9.80. The van der Waals surface area contributed by atoms with Crippen molar-refractivity contribution < 1.29 is 14.7 Å². The van der Waals surface area contributed by atoms with Crippen molar-refractivity contribution in [2.45, 2.75) is 0 Å². The number of fused-ring (bicyclic) bond motifs is 2. The van der Waals surface area contributed by atoms with E-state index in [1.807, 2.05) is 30.3 Å². The van der Waals surface area contributed by atoms with Gasteiger partial charge in [0.25, 0.3) is 0 Å². The highest BCUT2D eigenvalue weighted by molar-refractivity contribution is 6.30. The predicted molar refractivity (Wildman–Crippen MR) is 107 cm³/mol. The first-order valence-electron chi connectivity index (χ1n) is 8.55. The summed E-state index contributed by atoms with van der Waals surface area (Å²) in [6, 6.07) is 19.4. The quantitative estimate of drug-likeness (QED) is 0.409. The third kappa shape index (κ3) is 2.70. The Morgan fingerprint density at radius 3 is 2.07 bits per heavy atom. The summed E-state index contributed by atoms with van der Waals surface area (Å²) in [5.74, 6) is -0.565. The molecular weight excluding hydrogens is 336 g/mol. The van der Waals surface area contributed by atoms with E-state index in [0.29, 0.717) is 27.8 Å². The average Bonchev–Trinajstić information content (AvgIpc) is 2.71. The number of aliphatic hydroxyl groups excluding tert-OH is 1. The molecule has 3 aromatic rings. The van der Waals surface area contributed by atoms with E-state index in [4.69, 9.17) is 0 Å². The maximum Gasteiger partial charge on any atom is 0.195 e. The minimum Gasteiger partial charge on any atom is -0.507 e. The number of aliphatic hydroxyl groups is 1. The Hall–Kier alpha value is -3.72. The van der Waals surface area contributed by atoms with E-state index in [9.17, 15) is 14.7 Å². The first kappa shape index (κ1) is 16.7. The van der Waals surface area contributed by atoms with Crippen molar-refractivity contribution in [3.05, 3.63) is 112 Å². The highest BCUT2D eigenvalue weighted by atomic mass is 16.3. The summed E-state index contributed by atoms with van der Waals surface area (Å²) in [5, 5.41) is 10.8. The number of carbonyl (C=O) groups is 2. The second kappa shape index (κ2) is 6.54. The van der Waals surface area contributed by atoms with Gasteiger partial charge in [-0.25, -0.2) is 0 Å². The Bertz CT molecular complexity index is 1120. The molecule has 0 bridgehead atoms. The fourth-order valence-corrected chi connectivity index (χ4v) is 3.43. The van der Waals surface area contributed by atoms with Gasteiger partial charge >= 0.3 is 0 Å². The summed E-state index contributed by atoms with van der Waals surface area (Å²) in [4.78, 5) is 26.1. The first-order chi connectivity index (χ1) is 13.1. The zero-order valence-corrected chi connectivity index (χ0v) is 14.5. The first-order valence-corrected chi connectivity index (χ1v) is 8.55. The topological polar surface area (TPSA) is 54.4 Å². The number of ketones is 2. The zero-order valence-electron chi connectivity index (χ0n) is 14.5. The molecule has 1 aliphatic rings. The Kier molecular flexibility index (Phi) is 4.05. The van der Waals surface area contributed by atoms with Crippen LogP contribution in [0.15, 0.2) is 73.3 Å². The molecule has 0 aliphatic heterocycles. The van der Waals surface area contributed by atoms with Crippen LogP contribution in [0.25, 0.3) is 17.9 Å². The zero-order chi connectivity index (χ0) is 19.0. The van der Waals surface area contributed by atoms with Gasteiger partial charge in [0.1, 0.15) is 5.76 Å². The van der Waals surface area contributed by atoms with Gasteiger partial charge in [-0.05, 0) is 23.3 Å². The van der Waals surface area contributed by atoms with Crippen LogP contribution >= 0.6 is 0 Å². The van der Waals surface area contributed by atoms with Crippen LogP contribution in [0, 0.1) is 0 Å². The Balaban J connectivity index is 1.98. The number of benzene rings is 3. The molecule has 0 spiro atoms. The van der Waals surface area contributed by atoms with Crippen molar-refractivity contribution in [2.75, 3.05) is 0 Å². The van der Waals surface area contributed by atoms with E-state index < -0.39 is 0 Å². The SMILES string of the molecule is C=Cc1ccc2c(c1C(O)=Cc1ccccc1)C(=O)c1ccccc1C2=O. The van der Waals surface area contributed by atoms with Gasteiger partial charge in [-0.1, -0.05) is 73.3 Å². The van der Waals surface area contributed by atoms with Crippen LogP contribution in [0.5, 0.6) is 0 Å². The molecule has 0 fully saturated rings. The minimum atomic E-state index is -0.271. The molecule has 0 saturated carbocycles. The number of hydrogen-bond donors (Lipinski definition) is 1. The molecule has 3 nitrogen and oxygen atoms in total. The van der Waals surface area contributed by atoms with Gasteiger partial charge in [0.2, 0.25) is 0 Å². The van der Waals surface area contributed by atoms with E-state index >= 15 is 0 Å². The predicted octanol–water partition coefficient (Wildman–Crippen LogP) is 5.16. The van der Waals surface area contributed by atoms with Crippen LogP contribution < -0.4 is 0 Å². The summed E-state index contributed by atoms with van der Waals surface area (Å²) in [5.41, 5.74) is 2.98. The molecule has 4 rings (SSSR count). The smallest absolute Gasteiger partial charge is 0.195 e. The van der Waals surface area contributed by atoms with Gasteiger partial charge < -0.3 is 5.11 Å². The molecule has 0 heterocycles. The molecule has 0 aromatic heterocycles. The molecular formula is C24H16O3. The Labute approximate surface area is 156 Å². The van der Waals surface area contributed by atoms with E-state index in [0.717, 1.165) is 5.56 Å². The van der Waals surface area contributed by atoms with Crippen molar-refractivity contribution in [1.82, 2.24) is 0 Å². The highest BCUT2D eigenvalue weighted by Crippen LogP contribution is 2.34. The van der Waals surface area contributed by atoms with Gasteiger partial charge in [-0.2, -0.15) is 0 Å². The Morgan fingerprint density at radius 1 is 0.778 bits per heavy atom. The van der Waals surface area contributed by atoms with Crippen molar-refractivity contribution in [3.63, 3.8) is 0 Å². The van der Waals surface area contributed by atoms with Gasteiger partial charge in [-0.15, -0.1) is 0 Å². The van der Waals surface area contributed by atoms with E-state index in [2.05, 4.69) is 6.58 Å². The van der Waals surface area contributed by atoms with Crippen LogP contribution in [0.3, 0.4) is 0 Å². The summed E-state index contributed by atoms with van der Waals surface area (Å²) >= 11 is 0. The van der Waals surface area contributed by atoms with Crippen LogP contribution in [0.1, 0.15) is 48.5 Å². The largest absolute Gasteiger partial charge is 0.507 e. The molecule has 27 heavy (non-hydrogen) atoms. The van der Waals surface area contributed by atoms with Gasteiger partial charge in [0.05, 0.1) is 0 Å². The standard InChI is InChI=1S/C24H16O3/c1-2-16-12-13-19-22(21(16)20(25)14-15-8-4-3-5-9-15)24(27)18-11-7-6-10-17(18)23(19)26/h2-14,25H,1H2. The van der Waals surface area contributed by atoms with Crippen molar-refractivity contribution in [2.24, 2.45) is 0 Å². The highest BCUT2D eigenvalue weighted by Gasteiger charge is 2.33. The second-order valence-electron chi connectivity index (χ2n) is 6.30. The molecule has 0 radical (unpaired) electrons. The number of hydrogen-bond acceptors (Lipinski definition) is 3. The van der Waals surface area contributed by atoms with Crippen LogP contribution in [0.4, 0.5) is 0 Å². The van der Waals surface area contributed by atoms with Gasteiger partial charge in [0.15, 0.2) is 11.6 Å². The fourth-order valence-electron chi connectivity index (χ4n) is 3.43. The lowest BCUT2D eigenvalue weighted by Gasteiger charge is -2.21. The fraction of sp³-hybridized carbons (Fsp3) is 0. The van der Waals surface area contributed by atoms with E-state index in [1.165, 1.54) is 0 Å². The van der Waals surface area contributed by atoms with Crippen molar-refractivity contribution >= 4 is 29.5 Å². The maximum atomic E-state index is 13.2. The lowest BCUT2D eigenvalue weighted by Crippen LogP contribution is -2.23. The summed E-state index contributed by atoms with van der Waals surface area (Å²) < 4.78 is 0. The summed E-state index contributed by atoms with van der Waals surface area (Å²) in [6.07, 6.45) is 3.16. The lowest BCUT2D eigenvalue weighted by molar-refractivity contribution is 0.0978. The van der Waals surface area contributed by atoms with E-state index in [-0.39, 0.29) is 22.9 Å². The number of rotatable bonds is 3. The van der Waals surface area contributed by atoms with Gasteiger partial charge in [-0.3, -0.25) is 9.59 Å². The van der Waals surface area contributed by atoms with Crippen LogP contribution in [-0.2, 0) is 0 Å². The minimum absolute atomic E-state index is 0.0755. The van der Waals surface area contributed by atoms with Gasteiger partial charge in [0, 0.05) is 27.8 Å². The second-order valence-corrected chi connectivity index (χ2v) is 6.30. The maximum absolute atomic E-state index is 13.2. The molecule has 1 aliphatic carbocycles. The monoisotopic (exact) mass is 352 g/mol. The van der Waals surface area contributed by atoms with Crippen molar-refractivity contribution in [3.8, 4) is 0 Å². The van der Waals surface area contributed by atoms with Crippen molar-refractivity contribution in [1.29, 1.82) is 0 Å². The van der Waals surface area contributed by atoms with E-state index in [1.54, 1.807) is 48.6 Å². The normalized spacial score (nSPS) is 13.1. The molecule has 0 saturated heterocycles. The summed E-state index contributed by atoms with van der Waals surface area (Å²) in [7, 11) is 0. The Morgan fingerprint density at radius 2 is 1.41 bits per heavy atom. The summed E-state index contributed by atoms with van der Waals surface area (Å²) in [6.45, 7) is 3.78. The molecule has 1 N–H and O–H groups in total. The number of carbonyl (C=O) groups excluding carboxylic acids is 2. The molecule has 0 atom stereocenters. The molecule has 3 heteroatoms. The third-order valence-electron chi connectivity index (χ3n) is 4.70. The molecule has 3 aromatic carbocycles. The van der Waals surface area contributed by atoms with Crippen LogP contribution in [0.2, 0.25) is 0 Å². The third-order valence-corrected chi connectivity index (χ3v) is 4.70. The average molecular weight is 352 g/mol.